The molecule has 0 unspecified atom stereocenters. The number of amides is 1. The summed E-state index contributed by atoms with van der Waals surface area (Å²) in [5, 5.41) is 4.67. The molecule has 0 radical (unpaired) electrons. The summed E-state index contributed by atoms with van der Waals surface area (Å²) in [5.74, 6) is 1.45. The molecule has 28 heavy (non-hydrogen) atoms. The summed E-state index contributed by atoms with van der Waals surface area (Å²) in [6, 6.07) is 9.49. The van der Waals surface area contributed by atoms with Gasteiger partial charge in [-0.25, -0.2) is 4.98 Å². The summed E-state index contributed by atoms with van der Waals surface area (Å²) in [5.41, 5.74) is 0.927. The number of hydrogen-bond donors (Lipinski definition) is 0. The van der Waals surface area contributed by atoms with Crippen LogP contribution < -0.4 is 4.74 Å². The minimum atomic E-state index is -0.322. The van der Waals surface area contributed by atoms with Crippen molar-refractivity contribution in [2.45, 2.75) is 20.1 Å². The van der Waals surface area contributed by atoms with E-state index >= 15 is 0 Å². The Kier molecular flexibility index (Phi) is 4.71. The topological polar surface area (TPSA) is 107 Å². The number of carbonyl (C=O) groups excluding carboxylic acids is 1. The van der Waals surface area contributed by atoms with Crippen LogP contribution in [0.15, 0.2) is 51.7 Å². The van der Waals surface area contributed by atoms with Crippen LogP contribution in [0.25, 0.3) is 10.9 Å². The van der Waals surface area contributed by atoms with Gasteiger partial charge in [0, 0.05) is 18.6 Å². The normalized spacial score (nSPS) is 10.9. The van der Waals surface area contributed by atoms with Crippen LogP contribution in [0.4, 0.5) is 0 Å². The predicted molar refractivity (Wildman–Crippen MR) is 97.4 cm³/mol. The minimum absolute atomic E-state index is 0.0789. The highest BCUT2D eigenvalue weighted by Crippen LogP contribution is 2.23. The molecule has 3 aromatic heterocycles. The van der Waals surface area contributed by atoms with E-state index in [1.165, 1.54) is 11.2 Å². The first-order valence-corrected chi connectivity index (χ1v) is 8.56. The number of aryl methyl sites for hydroxylation is 1. The molecule has 1 aromatic carbocycles. The molecule has 0 atom stereocenters. The fourth-order valence-electron chi connectivity index (χ4n) is 2.68. The van der Waals surface area contributed by atoms with E-state index in [2.05, 4.69) is 20.1 Å². The maximum atomic E-state index is 12.5. The van der Waals surface area contributed by atoms with Crippen molar-refractivity contribution < 1.29 is 18.5 Å². The Morgan fingerprint density at radius 2 is 2.04 bits per heavy atom. The van der Waals surface area contributed by atoms with Gasteiger partial charge in [-0.05, 0) is 19.1 Å². The molecule has 0 saturated heterocycles. The average Bonchev–Trinajstić information content (AvgIpc) is 3.34. The van der Waals surface area contributed by atoms with Crippen molar-refractivity contribution in [3.05, 3.63) is 66.1 Å². The first kappa shape index (κ1) is 17.7. The van der Waals surface area contributed by atoms with Crippen LogP contribution in [0.1, 0.15) is 28.1 Å². The molecule has 4 aromatic rings. The molecule has 0 saturated carbocycles. The largest absolute Gasteiger partial charge is 0.482 e. The Bertz CT molecular complexity index is 1110. The minimum Gasteiger partial charge on any atom is -0.482 e. The lowest BCUT2D eigenvalue weighted by atomic mass is 10.2. The van der Waals surface area contributed by atoms with Gasteiger partial charge < -0.3 is 18.6 Å². The number of fused-ring (bicyclic) bond motifs is 1. The molecule has 0 fully saturated rings. The van der Waals surface area contributed by atoms with Crippen LogP contribution in [0.5, 0.6) is 5.75 Å². The van der Waals surface area contributed by atoms with Crippen LogP contribution in [0.3, 0.4) is 0 Å². The fraction of sp³-hybridized carbons (Fsp3) is 0.211. The molecule has 1 amide bonds. The molecule has 0 aliphatic rings. The zero-order chi connectivity index (χ0) is 19.5. The van der Waals surface area contributed by atoms with Crippen molar-refractivity contribution in [3.8, 4) is 5.75 Å². The number of oxazole rings is 1. The molecular formula is C19H17N5O4. The van der Waals surface area contributed by atoms with E-state index in [-0.39, 0.29) is 24.8 Å². The second-order valence-electron chi connectivity index (χ2n) is 6.14. The lowest BCUT2D eigenvalue weighted by Gasteiger charge is -2.12. The molecule has 0 aliphatic carbocycles. The van der Waals surface area contributed by atoms with Crippen LogP contribution in [0.2, 0.25) is 0 Å². The molecule has 9 nitrogen and oxygen atoms in total. The van der Waals surface area contributed by atoms with Gasteiger partial charge in [0.15, 0.2) is 18.1 Å². The molecule has 4 rings (SSSR count). The molecule has 9 heteroatoms. The zero-order valence-corrected chi connectivity index (χ0v) is 15.3. The monoisotopic (exact) mass is 379 g/mol. The Hall–Kier alpha value is -3.75. The highest BCUT2D eigenvalue weighted by Gasteiger charge is 2.19. The third-order valence-corrected chi connectivity index (χ3v) is 4.01. The van der Waals surface area contributed by atoms with Crippen molar-refractivity contribution in [1.29, 1.82) is 0 Å². The Labute approximate surface area is 160 Å². The molecule has 0 spiro atoms. The maximum Gasteiger partial charge on any atom is 0.276 e. The number of benzene rings is 1. The summed E-state index contributed by atoms with van der Waals surface area (Å²) >= 11 is 0. The summed E-state index contributed by atoms with van der Waals surface area (Å²) in [6.07, 6.45) is 3.01. The number of aromatic nitrogens is 4. The second kappa shape index (κ2) is 7.47. The van der Waals surface area contributed by atoms with Crippen LogP contribution >= 0.6 is 0 Å². The molecule has 142 valence electrons. The van der Waals surface area contributed by atoms with E-state index in [9.17, 15) is 4.79 Å². The average molecular weight is 379 g/mol. The molecule has 3 heterocycles. The summed E-state index contributed by atoms with van der Waals surface area (Å²) in [4.78, 5) is 26.5. The Balaban J connectivity index is 1.41. The molecular weight excluding hydrogens is 362 g/mol. The van der Waals surface area contributed by atoms with E-state index < -0.39 is 0 Å². The van der Waals surface area contributed by atoms with E-state index in [1.54, 1.807) is 20.2 Å². The first-order chi connectivity index (χ1) is 13.6. The third-order valence-electron chi connectivity index (χ3n) is 4.01. The zero-order valence-electron chi connectivity index (χ0n) is 15.3. The van der Waals surface area contributed by atoms with Crippen LogP contribution in [0, 0.1) is 6.92 Å². The highest BCUT2D eigenvalue weighted by molar-refractivity contribution is 5.91. The van der Waals surface area contributed by atoms with Gasteiger partial charge in [0.1, 0.15) is 24.1 Å². The van der Waals surface area contributed by atoms with Gasteiger partial charge in [-0.3, -0.25) is 9.78 Å². The SMILES string of the molecule is Cc1noc(CN(C)C(=O)c2coc(COc3cccc4cccnc34)n2)n1. The smallest absolute Gasteiger partial charge is 0.276 e. The van der Waals surface area contributed by atoms with E-state index in [0.29, 0.717) is 23.4 Å². The number of nitrogens with zero attached hydrogens (tertiary/aromatic N) is 5. The standard InChI is InChI=1S/C19H17N5O4/c1-12-21-16(28-23-12)9-24(2)19(25)14-10-27-17(22-14)11-26-15-7-3-5-13-6-4-8-20-18(13)15/h3-8,10H,9,11H2,1-2H3. The highest BCUT2D eigenvalue weighted by atomic mass is 16.5. The molecule has 0 bridgehead atoms. The van der Waals surface area contributed by atoms with Crippen molar-refractivity contribution in [1.82, 2.24) is 25.0 Å². The fourth-order valence-corrected chi connectivity index (χ4v) is 2.68. The van der Waals surface area contributed by atoms with Crippen molar-refractivity contribution >= 4 is 16.8 Å². The maximum absolute atomic E-state index is 12.5. The molecule has 0 aliphatic heterocycles. The van der Waals surface area contributed by atoms with Gasteiger partial charge in [0.2, 0.25) is 11.8 Å². The second-order valence-corrected chi connectivity index (χ2v) is 6.14. The number of rotatable bonds is 6. The number of hydrogen-bond acceptors (Lipinski definition) is 8. The number of ether oxygens (including phenoxy) is 1. The third kappa shape index (κ3) is 3.68. The quantitative estimate of drug-likeness (QED) is 0.503. The van der Waals surface area contributed by atoms with Gasteiger partial charge in [-0.15, -0.1) is 0 Å². The number of pyridine rings is 1. The predicted octanol–water partition coefficient (Wildman–Crippen LogP) is 2.77. The lowest BCUT2D eigenvalue weighted by molar-refractivity contribution is 0.0763. The van der Waals surface area contributed by atoms with E-state index in [1.807, 2.05) is 30.3 Å². The summed E-state index contributed by atoms with van der Waals surface area (Å²) in [7, 11) is 1.62. The summed E-state index contributed by atoms with van der Waals surface area (Å²) < 4.78 is 16.2. The Morgan fingerprint density at radius 1 is 1.18 bits per heavy atom. The number of carbonyl (C=O) groups is 1. The van der Waals surface area contributed by atoms with Crippen molar-refractivity contribution in [2.24, 2.45) is 0 Å². The van der Waals surface area contributed by atoms with Crippen LogP contribution in [-0.4, -0.2) is 38.0 Å². The van der Waals surface area contributed by atoms with Crippen LogP contribution in [-0.2, 0) is 13.2 Å². The van der Waals surface area contributed by atoms with E-state index in [4.69, 9.17) is 13.7 Å². The van der Waals surface area contributed by atoms with Gasteiger partial charge in [-0.1, -0.05) is 23.4 Å². The Morgan fingerprint density at radius 3 is 2.86 bits per heavy atom. The van der Waals surface area contributed by atoms with Crippen molar-refractivity contribution in [2.75, 3.05) is 7.05 Å². The number of para-hydroxylation sites is 1. The van der Waals surface area contributed by atoms with Gasteiger partial charge in [0.05, 0.1) is 0 Å². The molecule has 0 N–H and O–H groups in total. The van der Waals surface area contributed by atoms with Gasteiger partial charge >= 0.3 is 0 Å². The van der Waals surface area contributed by atoms with Crippen molar-refractivity contribution in [3.63, 3.8) is 0 Å². The van der Waals surface area contributed by atoms with E-state index in [0.717, 1.165) is 10.9 Å². The first-order valence-electron chi connectivity index (χ1n) is 8.56. The lowest BCUT2D eigenvalue weighted by Crippen LogP contribution is -2.26. The summed E-state index contributed by atoms with van der Waals surface area (Å²) in [6.45, 7) is 1.97. The van der Waals surface area contributed by atoms with Gasteiger partial charge in [-0.2, -0.15) is 4.98 Å². The van der Waals surface area contributed by atoms with Gasteiger partial charge in [0.25, 0.3) is 5.91 Å².